The average molecular weight is 333 g/mol. The Hall–Kier alpha value is -3.37. The van der Waals surface area contributed by atoms with Crippen molar-refractivity contribution in [2.24, 2.45) is 0 Å². The molecule has 0 spiro atoms. The molecule has 0 radical (unpaired) electrons. The molecule has 0 aliphatic carbocycles. The summed E-state index contributed by atoms with van der Waals surface area (Å²) in [7, 11) is 0. The summed E-state index contributed by atoms with van der Waals surface area (Å²) < 4.78 is 0. The van der Waals surface area contributed by atoms with Crippen LogP contribution in [-0.4, -0.2) is 0 Å². The van der Waals surface area contributed by atoms with Crippen LogP contribution in [0.2, 0.25) is 0 Å². The maximum Gasteiger partial charge on any atom is 0.0822 e. The highest BCUT2D eigenvalue weighted by Crippen LogP contribution is 2.40. The van der Waals surface area contributed by atoms with Gasteiger partial charge in [-0.3, -0.25) is 0 Å². The maximum absolute atomic E-state index is 10.1. The Morgan fingerprint density at radius 2 is 1.15 bits per heavy atom. The summed E-state index contributed by atoms with van der Waals surface area (Å²) in [4.78, 5) is 0. The molecule has 0 aliphatic heterocycles. The van der Waals surface area contributed by atoms with Gasteiger partial charge in [0.25, 0.3) is 0 Å². The van der Waals surface area contributed by atoms with Crippen LogP contribution in [-0.2, 0) is 0 Å². The highest BCUT2D eigenvalue weighted by molar-refractivity contribution is 5.86. The minimum Gasteiger partial charge on any atom is -0.198 e. The first kappa shape index (κ1) is 16.1. The van der Waals surface area contributed by atoms with Gasteiger partial charge in [0.15, 0.2) is 0 Å². The Morgan fingerprint density at radius 3 is 1.85 bits per heavy atom. The van der Waals surface area contributed by atoms with E-state index < -0.39 is 0 Å². The van der Waals surface area contributed by atoms with Crippen LogP contribution in [0.1, 0.15) is 28.5 Å². The lowest BCUT2D eigenvalue weighted by molar-refractivity contribution is 0.731. The monoisotopic (exact) mass is 333 g/mol. The van der Waals surface area contributed by atoms with Gasteiger partial charge < -0.3 is 0 Å². The van der Waals surface area contributed by atoms with E-state index in [-0.39, 0.29) is 11.8 Å². The first-order valence-electron chi connectivity index (χ1n) is 8.85. The van der Waals surface area contributed by atoms with Crippen molar-refractivity contribution < 1.29 is 0 Å². The molecular formula is C25H19N. The molecule has 4 aromatic carbocycles. The topological polar surface area (TPSA) is 23.8 Å². The van der Waals surface area contributed by atoms with Crippen molar-refractivity contribution in [3.63, 3.8) is 0 Å². The van der Waals surface area contributed by atoms with E-state index in [4.69, 9.17) is 0 Å². The lowest BCUT2D eigenvalue weighted by atomic mass is 9.76. The molecule has 0 unspecified atom stereocenters. The summed E-state index contributed by atoms with van der Waals surface area (Å²) in [5.74, 6) is -0.265. The first-order valence-corrected chi connectivity index (χ1v) is 8.85. The fourth-order valence-corrected chi connectivity index (χ4v) is 3.74. The van der Waals surface area contributed by atoms with Crippen LogP contribution < -0.4 is 0 Å². The molecule has 0 N–H and O–H groups in total. The highest BCUT2D eigenvalue weighted by atomic mass is 14.3. The van der Waals surface area contributed by atoms with E-state index in [0.29, 0.717) is 0 Å². The molecule has 4 rings (SSSR count). The number of hydrogen-bond donors (Lipinski definition) is 0. The largest absolute Gasteiger partial charge is 0.198 e. The van der Waals surface area contributed by atoms with Crippen molar-refractivity contribution in [3.8, 4) is 6.07 Å². The highest BCUT2D eigenvalue weighted by Gasteiger charge is 2.27. The summed E-state index contributed by atoms with van der Waals surface area (Å²) in [6.45, 7) is 0. The fourth-order valence-electron chi connectivity index (χ4n) is 3.74. The van der Waals surface area contributed by atoms with Crippen LogP contribution in [0.25, 0.3) is 10.8 Å². The van der Waals surface area contributed by atoms with Crippen molar-refractivity contribution in [3.05, 3.63) is 120 Å². The van der Waals surface area contributed by atoms with Gasteiger partial charge in [-0.25, -0.2) is 0 Å². The smallest absolute Gasteiger partial charge is 0.0822 e. The number of rotatable bonds is 4. The number of nitriles is 1. The Morgan fingerprint density at radius 1 is 0.577 bits per heavy atom. The lowest BCUT2D eigenvalue weighted by Gasteiger charge is -2.25. The summed E-state index contributed by atoms with van der Waals surface area (Å²) in [6, 6.07) is 37.8. The summed E-state index contributed by atoms with van der Waals surface area (Å²) >= 11 is 0. The van der Waals surface area contributed by atoms with Gasteiger partial charge in [0, 0.05) is 5.92 Å². The zero-order valence-electron chi connectivity index (χ0n) is 14.4. The number of fused-ring (bicyclic) bond motifs is 1. The summed E-state index contributed by atoms with van der Waals surface area (Å²) in [5, 5.41) is 12.5. The number of hydrogen-bond acceptors (Lipinski definition) is 1. The molecule has 0 fully saturated rings. The van der Waals surface area contributed by atoms with Crippen LogP contribution in [0.15, 0.2) is 103 Å². The van der Waals surface area contributed by atoms with E-state index in [0.717, 1.165) is 5.56 Å². The molecule has 1 heteroatoms. The van der Waals surface area contributed by atoms with Crippen molar-refractivity contribution in [2.75, 3.05) is 0 Å². The Kier molecular flexibility index (Phi) is 4.50. The Bertz CT molecular complexity index is 1040. The quantitative estimate of drug-likeness (QED) is 0.431. The van der Waals surface area contributed by atoms with Gasteiger partial charge in [0.1, 0.15) is 0 Å². The second-order valence-electron chi connectivity index (χ2n) is 6.47. The fraction of sp³-hybridized carbons (Fsp3) is 0.0800. The van der Waals surface area contributed by atoms with Gasteiger partial charge in [0.05, 0.1) is 12.0 Å². The average Bonchev–Trinajstić information content (AvgIpc) is 2.73. The molecule has 0 heterocycles. The molecule has 2 atom stereocenters. The SMILES string of the molecule is N#C[C@H](c1ccccc1)[C@H](c1ccccc1)c1cccc2ccccc12. The van der Waals surface area contributed by atoms with Gasteiger partial charge in [0.2, 0.25) is 0 Å². The van der Waals surface area contributed by atoms with E-state index in [2.05, 4.69) is 72.8 Å². The van der Waals surface area contributed by atoms with Gasteiger partial charge in [-0.15, -0.1) is 0 Å². The minimum atomic E-state index is -0.246. The molecule has 124 valence electrons. The predicted molar refractivity (Wildman–Crippen MR) is 107 cm³/mol. The van der Waals surface area contributed by atoms with Crippen molar-refractivity contribution in [1.82, 2.24) is 0 Å². The molecule has 4 aromatic rings. The molecule has 0 amide bonds. The second-order valence-corrected chi connectivity index (χ2v) is 6.47. The normalized spacial score (nSPS) is 13.0. The third-order valence-electron chi connectivity index (χ3n) is 4.95. The zero-order valence-corrected chi connectivity index (χ0v) is 14.4. The Balaban J connectivity index is 1.96. The molecule has 0 bridgehead atoms. The van der Waals surface area contributed by atoms with Crippen LogP contribution in [0, 0.1) is 11.3 Å². The van der Waals surface area contributed by atoms with Crippen molar-refractivity contribution in [1.29, 1.82) is 5.26 Å². The van der Waals surface area contributed by atoms with E-state index in [9.17, 15) is 5.26 Å². The van der Waals surface area contributed by atoms with Crippen LogP contribution in [0.3, 0.4) is 0 Å². The van der Waals surface area contributed by atoms with E-state index in [1.807, 2.05) is 36.4 Å². The molecule has 26 heavy (non-hydrogen) atoms. The summed E-state index contributed by atoms with van der Waals surface area (Å²) in [5.41, 5.74) is 3.42. The molecule has 0 saturated heterocycles. The van der Waals surface area contributed by atoms with Crippen LogP contribution in [0.4, 0.5) is 0 Å². The predicted octanol–water partition coefficient (Wildman–Crippen LogP) is 6.28. The standard InChI is InChI=1S/C25H19N/c26-18-24(20-10-3-1-4-11-20)25(21-13-5-2-6-14-21)23-17-9-15-19-12-7-8-16-22(19)23/h1-17,24-25H/t24-,25-/m1/s1. The third-order valence-corrected chi connectivity index (χ3v) is 4.95. The van der Waals surface area contributed by atoms with Gasteiger partial charge in [-0.1, -0.05) is 103 Å². The first-order chi connectivity index (χ1) is 12.9. The molecule has 0 aliphatic rings. The van der Waals surface area contributed by atoms with Crippen molar-refractivity contribution in [2.45, 2.75) is 11.8 Å². The van der Waals surface area contributed by atoms with Gasteiger partial charge in [-0.05, 0) is 27.5 Å². The summed E-state index contributed by atoms with van der Waals surface area (Å²) in [6.07, 6.45) is 0. The maximum atomic E-state index is 10.1. The third kappa shape index (κ3) is 2.98. The minimum absolute atomic E-state index is 0.0188. The number of nitrogens with zero attached hydrogens (tertiary/aromatic N) is 1. The number of benzene rings is 4. The van der Waals surface area contributed by atoms with Crippen molar-refractivity contribution >= 4 is 10.8 Å². The van der Waals surface area contributed by atoms with E-state index in [1.165, 1.54) is 21.9 Å². The van der Waals surface area contributed by atoms with E-state index in [1.54, 1.807) is 0 Å². The molecule has 0 aromatic heterocycles. The van der Waals surface area contributed by atoms with Gasteiger partial charge in [-0.2, -0.15) is 5.26 Å². The molecular weight excluding hydrogens is 314 g/mol. The van der Waals surface area contributed by atoms with Crippen LogP contribution in [0.5, 0.6) is 0 Å². The van der Waals surface area contributed by atoms with E-state index >= 15 is 0 Å². The lowest BCUT2D eigenvalue weighted by Crippen LogP contribution is -2.12. The molecule has 1 nitrogen and oxygen atoms in total. The second kappa shape index (κ2) is 7.25. The Labute approximate surface area is 154 Å². The molecule has 0 saturated carbocycles. The van der Waals surface area contributed by atoms with Crippen LogP contribution >= 0.6 is 0 Å². The zero-order chi connectivity index (χ0) is 17.8. The van der Waals surface area contributed by atoms with Gasteiger partial charge >= 0.3 is 0 Å².